The van der Waals surface area contributed by atoms with Gasteiger partial charge in [0.25, 0.3) is 5.91 Å². The number of rotatable bonds is 10. The molecule has 33 heavy (non-hydrogen) atoms. The normalized spacial score (nSPS) is 15.2. The summed E-state index contributed by atoms with van der Waals surface area (Å²) >= 11 is 0. The lowest BCUT2D eigenvalue weighted by Gasteiger charge is -2.31. The van der Waals surface area contributed by atoms with Crippen molar-refractivity contribution in [1.29, 1.82) is 0 Å². The number of nitrogens with zero attached hydrogens (tertiary/aromatic N) is 1. The summed E-state index contributed by atoms with van der Waals surface area (Å²) in [6.07, 6.45) is 6.27. The third kappa shape index (κ3) is 7.62. The molecule has 0 aliphatic heterocycles. The van der Waals surface area contributed by atoms with Crippen LogP contribution >= 0.6 is 0 Å². The van der Waals surface area contributed by atoms with E-state index in [1.54, 1.807) is 4.90 Å². The van der Waals surface area contributed by atoms with Crippen LogP contribution in [0.15, 0.2) is 54.6 Å². The van der Waals surface area contributed by atoms with E-state index in [1.165, 1.54) is 12.0 Å². The second-order valence-corrected chi connectivity index (χ2v) is 9.35. The van der Waals surface area contributed by atoms with E-state index in [4.69, 9.17) is 4.74 Å². The smallest absolute Gasteiger partial charge is 0.261 e. The lowest BCUT2D eigenvalue weighted by atomic mass is 9.95. The summed E-state index contributed by atoms with van der Waals surface area (Å²) in [5, 5.41) is 3.17. The second-order valence-electron chi connectivity index (χ2n) is 9.35. The maximum absolute atomic E-state index is 13.2. The molecule has 5 nitrogen and oxygen atoms in total. The minimum atomic E-state index is -0.546. The van der Waals surface area contributed by atoms with Crippen LogP contribution in [0.1, 0.15) is 69.9 Å². The van der Waals surface area contributed by atoms with E-state index in [1.807, 2.05) is 61.5 Å². The van der Waals surface area contributed by atoms with Crippen molar-refractivity contribution < 1.29 is 14.3 Å². The zero-order valence-corrected chi connectivity index (χ0v) is 20.3. The van der Waals surface area contributed by atoms with Crippen LogP contribution in [0.3, 0.4) is 0 Å². The number of benzene rings is 2. The molecule has 1 aliphatic rings. The van der Waals surface area contributed by atoms with Crippen LogP contribution in [0.2, 0.25) is 0 Å². The van der Waals surface area contributed by atoms with Crippen LogP contribution in [0.25, 0.3) is 0 Å². The molecule has 0 saturated heterocycles. The Morgan fingerprint density at radius 1 is 0.970 bits per heavy atom. The minimum absolute atomic E-state index is 0.0791. The fourth-order valence-corrected chi connectivity index (χ4v) is 4.32. The highest BCUT2D eigenvalue weighted by Gasteiger charge is 2.28. The number of nitrogens with one attached hydrogen (secondary N) is 1. The molecule has 0 heterocycles. The molecule has 0 spiro atoms. The molecular weight excluding hydrogens is 412 g/mol. The highest BCUT2D eigenvalue weighted by atomic mass is 16.5. The van der Waals surface area contributed by atoms with Gasteiger partial charge in [-0.1, -0.05) is 75.6 Å². The van der Waals surface area contributed by atoms with Gasteiger partial charge in [-0.3, -0.25) is 9.59 Å². The van der Waals surface area contributed by atoms with Crippen molar-refractivity contribution in [1.82, 2.24) is 10.2 Å². The van der Waals surface area contributed by atoms with E-state index in [2.05, 4.69) is 19.2 Å². The van der Waals surface area contributed by atoms with Gasteiger partial charge in [0.2, 0.25) is 5.91 Å². The summed E-state index contributed by atoms with van der Waals surface area (Å²) in [4.78, 5) is 27.8. The van der Waals surface area contributed by atoms with Crippen molar-refractivity contribution >= 4 is 11.8 Å². The molecular formula is C28H38N2O3. The van der Waals surface area contributed by atoms with Gasteiger partial charge in [0.15, 0.2) is 6.61 Å². The monoisotopic (exact) mass is 450 g/mol. The average Bonchev–Trinajstić information content (AvgIpc) is 2.84. The molecule has 2 aromatic carbocycles. The Bertz CT molecular complexity index is 874. The Balaban J connectivity index is 1.63. The molecule has 1 atom stereocenters. The summed E-state index contributed by atoms with van der Waals surface area (Å²) in [7, 11) is 0. The summed E-state index contributed by atoms with van der Waals surface area (Å²) in [5.41, 5.74) is 2.37. The van der Waals surface area contributed by atoms with Gasteiger partial charge in [-0.15, -0.1) is 0 Å². The van der Waals surface area contributed by atoms with Crippen LogP contribution < -0.4 is 10.1 Å². The lowest BCUT2D eigenvalue weighted by Crippen LogP contribution is -2.52. The summed E-state index contributed by atoms with van der Waals surface area (Å²) < 4.78 is 5.79. The minimum Gasteiger partial charge on any atom is -0.484 e. The number of carbonyl (C=O) groups is 2. The first kappa shape index (κ1) is 24.8. The average molecular weight is 451 g/mol. The van der Waals surface area contributed by atoms with Crippen molar-refractivity contribution in [2.24, 2.45) is 0 Å². The zero-order chi connectivity index (χ0) is 23.6. The number of hydrogen-bond donors (Lipinski definition) is 1. The van der Waals surface area contributed by atoms with Crippen LogP contribution in [-0.2, 0) is 16.0 Å². The Kier molecular flexibility index (Phi) is 9.35. The van der Waals surface area contributed by atoms with E-state index >= 15 is 0 Å². The molecule has 2 amide bonds. The standard InChI is InChI=1S/C28H38N2O3/c1-21(2)24-14-16-26(17-15-24)33-20-27(31)30(19-18-23-10-6-4-7-11-23)22(3)28(32)29-25-12-8-5-9-13-25/h4,6-7,10-11,14-17,21-22,25H,5,8-9,12-13,18-20H2,1-3H3,(H,29,32)/t22-/m1/s1. The van der Waals surface area contributed by atoms with Crippen LogP contribution in [-0.4, -0.2) is 41.9 Å². The fourth-order valence-electron chi connectivity index (χ4n) is 4.32. The quantitative estimate of drug-likeness (QED) is 0.548. The maximum atomic E-state index is 13.2. The van der Waals surface area contributed by atoms with Gasteiger partial charge in [0.05, 0.1) is 0 Å². The SMILES string of the molecule is CC(C)c1ccc(OCC(=O)N(CCc2ccccc2)[C@H](C)C(=O)NC2CCCCC2)cc1. The third-order valence-corrected chi connectivity index (χ3v) is 6.51. The van der Waals surface area contributed by atoms with Crippen LogP contribution in [0, 0.1) is 0 Å². The number of hydrogen-bond acceptors (Lipinski definition) is 3. The number of carbonyl (C=O) groups excluding carboxylic acids is 2. The first-order valence-electron chi connectivity index (χ1n) is 12.3. The van der Waals surface area contributed by atoms with Crippen LogP contribution in [0.5, 0.6) is 5.75 Å². The fraction of sp³-hybridized carbons (Fsp3) is 0.500. The highest BCUT2D eigenvalue weighted by Crippen LogP contribution is 2.20. The molecule has 3 rings (SSSR count). The van der Waals surface area contributed by atoms with E-state index in [9.17, 15) is 9.59 Å². The number of ether oxygens (including phenoxy) is 1. The van der Waals surface area contributed by atoms with Crippen molar-refractivity contribution in [3.05, 3.63) is 65.7 Å². The maximum Gasteiger partial charge on any atom is 0.261 e. The largest absolute Gasteiger partial charge is 0.484 e. The molecule has 1 aliphatic carbocycles. The predicted molar refractivity (Wildman–Crippen MR) is 132 cm³/mol. The van der Waals surface area contributed by atoms with Crippen molar-refractivity contribution in [3.63, 3.8) is 0 Å². The molecule has 5 heteroatoms. The van der Waals surface area contributed by atoms with E-state index in [0.717, 1.165) is 31.2 Å². The second kappa shape index (κ2) is 12.4. The van der Waals surface area contributed by atoms with Gasteiger partial charge in [0, 0.05) is 12.6 Å². The van der Waals surface area contributed by atoms with Crippen LogP contribution in [0.4, 0.5) is 0 Å². The van der Waals surface area contributed by atoms with Gasteiger partial charge in [-0.25, -0.2) is 0 Å². The Hall–Kier alpha value is -2.82. The molecule has 1 fully saturated rings. The molecule has 0 aromatic heterocycles. The Morgan fingerprint density at radius 2 is 1.64 bits per heavy atom. The van der Waals surface area contributed by atoms with Gasteiger partial charge in [-0.05, 0) is 55.4 Å². The molecule has 0 bridgehead atoms. The first-order valence-corrected chi connectivity index (χ1v) is 12.3. The van der Waals surface area contributed by atoms with Crippen molar-refractivity contribution in [2.75, 3.05) is 13.2 Å². The lowest BCUT2D eigenvalue weighted by molar-refractivity contribution is -0.141. The van der Waals surface area contributed by atoms with Crippen molar-refractivity contribution in [2.45, 2.75) is 77.3 Å². The van der Waals surface area contributed by atoms with E-state index in [0.29, 0.717) is 24.6 Å². The van der Waals surface area contributed by atoms with E-state index < -0.39 is 6.04 Å². The van der Waals surface area contributed by atoms with Gasteiger partial charge in [-0.2, -0.15) is 0 Å². The molecule has 2 aromatic rings. The Labute approximate surface area is 198 Å². The molecule has 0 radical (unpaired) electrons. The van der Waals surface area contributed by atoms with E-state index in [-0.39, 0.29) is 24.5 Å². The van der Waals surface area contributed by atoms with Gasteiger partial charge >= 0.3 is 0 Å². The molecule has 1 saturated carbocycles. The zero-order valence-electron chi connectivity index (χ0n) is 20.3. The summed E-state index contributed by atoms with van der Waals surface area (Å²) in [6, 6.07) is 17.6. The first-order chi connectivity index (χ1) is 15.9. The Morgan fingerprint density at radius 3 is 2.27 bits per heavy atom. The van der Waals surface area contributed by atoms with Crippen molar-refractivity contribution in [3.8, 4) is 5.75 Å². The molecule has 178 valence electrons. The van der Waals surface area contributed by atoms with Gasteiger partial charge in [0.1, 0.15) is 11.8 Å². The molecule has 1 N–H and O–H groups in total. The topological polar surface area (TPSA) is 58.6 Å². The third-order valence-electron chi connectivity index (χ3n) is 6.51. The number of amides is 2. The summed E-state index contributed by atoms with van der Waals surface area (Å²) in [6.45, 7) is 6.49. The predicted octanol–water partition coefficient (Wildman–Crippen LogP) is 5.10. The van der Waals surface area contributed by atoms with Gasteiger partial charge < -0.3 is 15.0 Å². The molecule has 0 unspecified atom stereocenters. The summed E-state index contributed by atoms with van der Waals surface area (Å²) in [5.74, 6) is 0.850. The highest BCUT2D eigenvalue weighted by molar-refractivity contribution is 5.88.